The number of rotatable bonds is 2. The minimum absolute atomic E-state index is 0.0711. The summed E-state index contributed by atoms with van der Waals surface area (Å²) in [5.41, 5.74) is 5.22. The van der Waals surface area contributed by atoms with Gasteiger partial charge in [0.2, 0.25) is 5.89 Å². The molecule has 0 fully saturated rings. The van der Waals surface area contributed by atoms with Gasteiger partial charge in [-0.05, 0) is 0 Å². The molecule has 0 unspecified atom stereocenters. The summed E-state index contributed by atoms with van der Waals surface area (Å²) in [4.78, 5) is 4.20. The first-order chi connectivity index (χ1) is 6.04. The van der Waals surface area contributed by atoms with Crippen LogP contribution in [0.1, 0.15) is 32.5 Å². The molecule has 0 radical (unpaired) electrons. The summed E-state index contributed by atoms with van der Waals surface area (Å²) >= 11 is 0. The van der Waals surface area contributed by atoms with Crippen molar-refractivity contribution < 1.29 is 4.52 Å². The molecule has 1 heterocycles. The number of hydrogen-bond acceptors (Lipinski definition) is 4. The smallest absolute Gasteiger partial charge is 0.250 e. The molecule has 72 valence electrons. The molecule has 2 N–H and O–H groups in total. The summed E-state index contributed by atoms with van der Waals surface area (Å²) in [7, 11) is 0. The molecule has 0 aliphatic heterocycles. The largest absolute Gasteiger partial charge is 0.335 e. The van der Waals surface area contributed by atoms with E-state index in [1.165, 1.54) is 0 Å². The first kappa shape index (κ1) is 9.92. The molecule has 4 nitrogen and oxygen atoms in total. The Morgan fingerprint density at radius 1 is 1.46 bits per heavy atom. The molecule has 0 atom stereocenters. The molecule has 0 saturated carbocycles. The highest BCUT2D eigenvalue weighted by atomic mass is 16.5. The molecular formula is C9H15N3O. The Morgan fingerprint density at radius 3 is 2.62 bits per heavy atom. The lowest BCUT2D eigenvalue weighted by Gasteiger charge is -2.10. The van der Waals surface area contributed by atoms with Gasteiger partial charge in [0.25, 0.3) is 0 Å². The molecule has 1 aromatic rings. The third-order valence-corrected chi connectivity index (χ3v) is 1.51. The Hall–Kier alpha value is -1.16. The molecule has 4 heteroatoms. The van der Waals surface area contributed by atoms with E-state index >= 15 is 0 Å². The molecule has 1 aromatic heterocycles. The van der Waals surface area contributed by atoms with Crippen LogP contribution in [-0.2, 0) is 5.41 Å². The minimum Gasteiger partial charge on any atom is -0.335 e. The molecule has 0 aromatic carbocycles. The van der Waals surface area contributed by atoms with Crippen molar-refractivity contribution in [2.24, 2.45) is 5.73 Å². The molecule has 0 bridgehead atoms. The highest BCUT2D eigenvalue weighted by molar-refractivity contribution is 5.37. The van der Waals surface area contributed by atoms with Crippen molar-refractivity contribution in [2.75, 3.05) is 6.54 Å². The maximum absolute atomic E-state index is 5.29. The van der Waals surface area contributed by atoms with Crippen molar-refractivity contribution in [3.05, 3.63) is 17.8 Å². The number of nitrogens with zero attached hydrogens (tertiary/aromatic N) is 2. The average Bonchev–Trinajstić information content (AvgIpc) is 2.47. The molecule has 0 aliphatic carbocycles. The normalized spacial score (nSPS) is 12.6. The van der Waals surface area contributed by atoms with Gasteiger partial charge in [0, 0.05) is 18.0 Å². The average molecular weight is 181 g/mol. The van der Waals surface area contributed by atoms with Crippen molar-refractivity contribution in [1.29, 1.82) is 0 Å². The highest BCUT2D eigenvalue weighted by Gasteiger charge is 2.19. The van der Waals surface area contributed by atoms with E-state index in [-0.39, 0.29) is 5.41 Å². The van der Waals surface area contributed by atoms with Crippen molar-refractivity contribution in [3.63, 3.8) is 0 Å². The fraction of sp³-hybridized carbons (Fsp3) is 0.556. The molecular weight excluding hydrogens is 166 g/mol. The Balaban J connectivity index is 2.81. The van der Waals surface area contributed by atoms with Crippen LogP contribution in [0.25, 0.3) is 6.08 Å². The zero-order valence-corrected chi connectivity index (χ0v) is 8.24. The summed E-state index contributed by atoms with van der Waals surface area (Å²) in [6.45, 7) is 6.59. The first-order valence-corrected chi connectivity index (χ1v) is 4.25. The van der Waals surface area contributed by atoms with Gasteiger partial charge in [-0.15, -0.1) is 0 Å². The SMILES string of the molecule is CC(C)(C)c1noc(/C=C/CN)n1. The third-order valence-electron chi connectivity index (χ3n) is 1.51. The number of hydrogen-bond donors (Lipinski definition) is 1. The first-order valence-electron chi connectivity index (χ1n) is 4.25. The lowest BCUT2D eigenvalue weighted by Crippen LogP contribution is -2.13. The van der Waals surface area contributed by atoms with Crippen LogP contribution in [-0.4, -0.2) is 16.7 Å². The van der Waals surface area contributed by atoms with E-state index in [0.29, 0.717) is 18.3 Å². The highest BCUT2D eigenvalue weighted by Crippen LogP contribution is 2.18. The van der Waals surface area contributed by atoms with Crippen LogP contribution in [0.4, 0.5) is 0 Å². The van der Waals surface area contributed by atoms with E-state index in [2.05, 4.69) is 10.1 Å². The fourth-order valence-corrected chi connectivity index (χ4v) is 0.776. The Bertz CT molecular complexity index is 296. The predicted octanol–water partition coefficient (Wildman–Crippen LogP) is 1.34. The molecule has 13 heavy (non-hydrogen) atoms. The zero-order chi connectivity index (χ0) is 9.90. The Kier molecular flexibility index (Phi) is 2.83. The molecule has 0 saturated heterocycles. The van der Waals surface area contributed by atoms with Gasteiger partial charge >= 0.3 is 0 Å². The number of aromatic nitrogens is 2. The van der Waals surface area contributed by atoms with Gasteiger partial charge in [0.1, 0.15) is 0 Å². The van der Waals surface area contributed by atoms with E-state index in [4.69, 9.17) is 10.3 Å². The van der Waals surface area contributed by atoms with E-state index < -0.39 is 0 Å². The van der Waals surface area contributed by atoms with Gasteiger partial charge < -0.3 is 10.3 Å². The topological polar surface area (TPSA) is 64.9 Å². The van der Waals surface area contributed by atoms with Crippen molar-refractivity contribution in [1.82, 2.24) is 10.1 Å². The van der Waals surface area contributed by atoms with Gasteiger partial charge in [-0.2, -0.15) is 4.98 Å². The summed E-state index contributed by atoms with van der Waals surface area (Å²) in [6.07, 6.45) is 3.50. The molecule has 0 spiro atoms. The fourth-order valence-electron chi connectivity index (χ4n) is 0.776. The van der Waals surface area contributed by atoms with Gasteiger partial charge in [-0.3, -0.25) is 0 Å². The summed E-state index contributed by atoms with van der Waals surface area (Å²) in [5.74, 6) is 1.22. The maximum atomic E-state index is 5.29. The standard InChI is InChI=1S/C9H15N3O/c1-9(2,3)8-11-7(13-12-8)5-4-6-10/h4-5H,6,10H2,1-3H3/b5-4+. The Labute approximate surface area is 77.8 Å². The van der Waals surface area contributed by atoms with Crippen LogP contribution < -0.4 is 5.73 Å². The van der Waals surface area contributed by atoms with Crippen LogP contribution in [0.15, 0.2) is 10.6 Å². The summed E-state index contributed by atoms with van der Waals surface area (Å²) in [5, 5.41) is 3.86. The van der Waals surface area contributed by atoms with Crippen LogP contribution in [0.5, 0.6) is 0 Å². The monoisotopic (exact) mass is 181 g/mol. The second-order valence-corrected chi connectivity index (χ2v) is 3.84. The molecule has 0 amide bonds. The lowest BCUT2D eigenvalue weighted by atomic mass is 9.96. The van der Waals surface area contributed by atoms with E-state index in [0.717, 1.165) is 0 Å². The van der Waals surface area contributed by atoms with Crippen LogP contribution >= 0.6 is 0 Å². The van der Waals surface area contributed by atoms with Gasteiger partial charge in [0.15, 0.2) is 5.82 Å². The minimum atomic E-state index is -0.0711. The van der Waals surface area contributed by atoms with Crippen molar-refractivity contribution in [2.45, 2.75) is 26.2 Å². The van der Waals surface area contributed by atoms with E-state index in [1.54, 1.807) is 12.2 Å². The van der Waals surface area contributed by atoms with Crippen molar-refractivity contribution >= 4 is 6.08 Å². The van der Waals surface area contributed by atoms with Gasteiger partial charge in [0.05, 0.1) is 0 Å². The second kappa shape index (κ2) is 3.70. The van der Waals surface area contributed by atoms with Crippen LogP contribution in [0.3, 0.4) is 0 Å². The van der Waals surface area contributed by atoms with Gasteiger partial charge in [-0.1, -0.05) is 32.0 Å². The van der Waals surface area contributed by atoms with Crippen LogP contribution in [0.2, 0.25) is 0 Å². The predicted molar refractivity (Wildman–Crippen MR) is 51.1 cm³/mol. The second-order valence-electron chi connectivity index (χ2n) is 3.84. The van der Waals surface area contributed by atoms with Crippen LogP contribution in [0, 0.1) is 0 Å². The number of nitrogens with two attached hydrogens (primary N) is 1. The molecule has 1 rings (SSSR count). The molecule has 0 aliphatic rings. The lowest BCUT2D eigenvalue weighted by molar-refractivity contribution is 0.387. The van der Waals surface area contributed by atoms with E-state index in [1.807, 2.05) is 20.8 Å². The summed E-state index contributed by atoms with van der Waals surface area (Å²) in [6, 6.07) is 0. The third kappa shape index (κ3) is 2.66. The maximum Gasteiger partial charge on any atom is 0.250 e. The quantitative estimate of drug-likeness (QED) is 0.747. The van der Waals surface area contributed by atoms with Gasteiger partial charge in [-0.25, -0.2) is 0 Å². The van der Waals surface area contributed by atoms with E-state index in [9.17, 15) is 0 Å². The van der Waals surface area contributed by atoms with Crippen molar-refractivity contribution in [3.8, 4) is 0 Å². The zero-order valence-electron chi connectivity index (χ0n) is 8.24. The summed E-state index contributed by atoms with van der Waals surface area (Å²) < 4.78 is 4.99. The Morgan fingerprint density at radius 2 is 2.15 bits per heavy atom.